The Morgan fingerprint density at radius 2 is 2.43 bits per heavy atom. The van der Waals surface area contributed by atoms with Crippen LogP contribution >= 0.6 is 24.0 Å². The molecule has 5 nitrogen and oxygen atoms in total. The van der Waals surface area contributed by atoms with E-state index < -0.39 is 0 Å². The smallest absolute Gasteiger partial charge is 0.205 e. The number of fused-ring (bicyclic) bond motifs is 1. The molecule has 14 heavy (non-hydrogen) atoms. The van der Waals surface area contributed by atoms with Crippen molar-refractivity contribution in [3.63, 3.8) is 0 Å². The van der Waals surface area contributed by atoms with Crippen molar-refractivity contribution in [3.8, 4) is 5.75 Å². The molecule has 0 fully saturated rings. The molecule has 0 saturated carbocycles. The molecular formula is C7H8N4OS2. The maximum absolute atomic E-state index is 5.12. The van der Waals surface area contributed by atoms with E-state index in [1.54, 1.807) is 17.7 Å². The van der Waals surface area contributed by atoms with Crippen molar-refractivity contribution in [2.45, 2.75) is 5.16 Å². The van der Waals surface area contributed by atoms with Crippen molar-refractivity contribution < 1.29 is 4.74 Å². The number of aromatic amines is 1. The quantitative estimate of drug-likeness (QED) is 0.480. The van der Waals surface area contributed by atoms with Crippen LogP contribution in [-0.4, -0.2) is 32.9 Å². The number of methoxy groups -OCH3 is 1. The molecule has 2 aromatic rings. The lowest BCUT2D eigenvalue weighted by atomic mass is 10.5. The van der Waals surface area contributed by atoms with Crippen LogP contribution < -0.4 is 4.74 Å². The van der Waals surface area contributed by atoms with Crippen LogP contribution in [0, 0.1) is 4.77 Å². The number of aromatic nitrogens is 4. The Morgan fingerprint density at radius 1 is 1.64 bits per heavy atom. The maximum Gasteiger partial charge on any atom is 0.205 e. The number of thioether (sulfide) groups is 1. The van der Waals surface area contributed by atoms with E-state index in [0.717, 1.165) is 5.16 Å². The Kier molecular flexibility index (Phi) is 2.42. The predicted octanol–water partition coefficient (Wildman–Crippen LogP) is 1.52. The van der Waals surface area contributed by atoms with Crippen LogP contribution in [0.15, 0.2) is 11.4 Å². The highest BCUT2D eigenvalue weighted by atomic mass is 32.2. The number of H-pyrrole nitrogens is 1. The normalized spacial score (nSPS) is 10.7. The van der Waals surface area contributed by atoms with Crippen LogP contribution in [0.5, 0.6) is 5.75 Å². The first-order valence-corrected chi connectivity index (χ1v) is 5.45. The molecular weight excluding hydrogens is 220 g/mol. The number of hydrogen-bond donors (Lipinski definition) is 1. The fourth-order valence-electron chi connectivity index (χ4n) is 1.16. The molecule has 7 heteroatoms. The zero-order valence-corrected chi connectivity index (χ0v) is 9.28. The lowest BCUT2D eigenvalue weighted by molar-refractivity contribution is 0.413. The van der Waals surface area contributed by atoms with Gasteiger partial charge in [-0.1, -0.05) is 11.8 Å². The fraction of sp³-hybridized carbons (Fsp3) is 0.286. The van der Waals surface area contributed by atoms with Gasteiger partial charge >= 0.3 is 0 Å². The summed E-state index contributed by atoms with van der Waals surface area (Å²) in [5.41, 5.74) is 0.664. The zero-order chi connectivity index (χ0) is 10.1. The number of nitrogens with zero attached hydrogens (tertiary/aromatic N) is 3. The van der Waals surface area contributed by atoms with Crippen molar-refractivity contribution in [1.82, 2.24) is 19.6 Å². The molecule has 0 amide bonds. The second-order valence-electron chi connectivity index (χ2n) is 2.50. The van der Waals surface area contributed by atoms with Crippen LogP contribution in [0.1, 0.15) is 0 Å². The maximum atomic E-state index is 5.12. The van der Waals surface area contributed by atoms with Crippen molar-refractivity contribution >= 4 is 29.6 Å². The van der Waals surface area contributed by atoms with Gasteiger partial charge in [0.15, 0.2) is 10.9 Å². The number of rotatable bonds is 2. The van der Waals surface area contributed by atoms with Crippen LogP contribution in [0.25, 0.3) is 5.65 Å². The van der Waals surface area contributed by atoms with Crippen LogP contribution in [0.4, 0.5) is 0 Å². The molecule has 0 aliphatic heterocycles. The van der Waals surface area contributed by atoms with Gasteiger partial charge < -0.3 is 4.74 Å². The Labute approximate surface area is 89.5 Å². The van der Waals surface area contributed by atoms with Crippen molar-refractivity contribution in [3.05, 3.63) is 11.0 Å². The van der Waals surface area contributed by atoms with Gasteiger partial charge in [0.2, 0.25) is 10.4 Å². The third-order valence-corrected chi connectivity index (χ3v) is 2.71. The Hall–Kier alpha value is -1.08. The highest BCUT2D eigenvalue weighted by Gasteiger charge is 2.09. The third-order valence-electron chi connectivity index (χ3n) is 1.78. The predicted molar refractivity (Wildman–Crippen MR) is 56.5 cm³/mol. The van der Waals surface area contributed by atoms with Gasteiger partial charge in [-0.3, -0.25) is 5.10 Å². The van der Waals surface area contributed by atoms with Crippen LogP contribution in [-0.2, 0) is 0 Å². The molecule has 2 aromatic heterocycles. The summed E-state index contributed by atoms with van der Waals surface area (Å²) in [6, 6.07) is 0. The molecule has 74 valence electrons. The Morgan fingerprint density at radius 3 is 3.07 bits per heavy atom. The van der Waals surface area contributed by atoms with Crippen LogP contribution in [0.2, 0.25) is 0 Å². The molecule has 0 bridgehead atoms. The number of nitrogens with one attached hydrogen (secondary N) is 1. The van der Waals surface area contributed by atoms with E-state index in [4.69, 9.17) is 17.0 Å². The number of hydrogen-bond acceptors (Lipinski definition) is 5. The minimum Gasteiger partial charge on any atom is -0.491 e. The van der Waals surface area contributed by atoms with Gasteiger partial charge in [-0.2, -0.15) is 5.10 Å². The summed E-state index contributed by atoms with van der Waals surface area (Å²) in [6.07, 6.45) is 3.57. The molecule has 2 rings (SSSR count). The van der Waals surface area contributed by atoms with E-state index in [1.165, 1.54) is 11.8 Å². The largest absolute Gasteiger partial charge is 0.491 e. The van der Waals surface area contributed by atoms with Gasteiger partial charge in [-0.25, -0.2) is 9.38 Å². The first-order valence-electron chi connectivity index (χ1n) is 3.82. The second kappa shape index (κ2) is 3.58. The molecule has 2 heterocycles. The average Bonchev–Trinajstić information content (AvgIpc) is 2.60. The van der Waals surface area contributed by atoms with Gasteiger partial charge in [-0.15, -0.1) is 0 Å². The minimum atomic E-state index is 0.524. The monoisotopic (exact) mass is 228 g/mol. The first kappa shape index (κ1) is 9.47. The molecule has 0 atom stereocenters. The topological polar surface area (TPSA) is 55.2 Å². The summed E-state index contributed by atoms with van der Waals surface area (Å²) in [5, 5.41) is 7.56. The minimum absolute atomic E-state index is 0.524. The van der Waals surface area contributed by atoms with Crippen molar-refractivity contribution in [2.75, 3.05) is 13.4 Å². The molecule has 0 radical (unpaired) electrons. The summed E-state index contributed by atoms with van der Waals surface area (Å²) in [4.78, 5) is 4.20. The SMILES string of the molecule is COc1cnc(SC)n2c(=S)[nH]nc12. The Bertz CT molecular complexity index is 518. The highest BCUT2D eigenvalue weighted by molar-refractivity contribution is 7.98. The van der Waals surface area contributed by atoms with Gasteiger partial charge in [0.1, 0.15) is 0 Å². The number of ether oxygens (including phenoxy) is 1. The molecule has 0 unspecified atom stereocenters. The van der Waals surface area contributed by atoms with Gasteiger partial charge in [0.05, 0.1) is 13.3 Å². The van der Waals surface area contributed by atoms with E-state index in [9.17, 15) is 0 Å². The van der Waals surface area contributed by atoms with Gasteiger partial charge in [-0.05, 0) is 18.5 Å². The van der Waals surface area contributed by atoms with Crippen molar-refractivity contribution in [2.24, 2.45) is 0 Å². The summed E-state index contributed by atoms with van der Waals surface area (Å²) in [6.45, 7) is 0. The van der Waals surface area contributed by atoms with Crippen LogP contribution in [0.3, 0.4) is 0 Å². The highest BCUT2D eigenvalue weighted by Crippen LogP contribution is 2.21. The van der Waals surface area contributed by atoms with Gasteiger partial charge in [0.25, 0.3) is 0 Å². The molecule has 0 aromatic carbocycles. The molecule has 1 N–H and O–H groups in total. The first-order chi connectivity index (χ1) is 6.77. The average molecular weight is 228 g/mol. The van der Waals surface area contributed by atoms with E-state index in [-0.39, 0.29) is 0 Å². The Balaban J connectivity index is 2.88. The van der Waals surface area contributed by atoms with E-state index >= 15 is 0 Å². The van der Waals surface area contributed by atoms with E-state index in [0.29, 0.717) is 16.2 Å². The molecule has 0 spiro atoms. The summed E-state index contributed by atoms with van der Waals surface area (Å²) in [5.74, 6) is 0.607. The summed E-state index contributed by atoms with van der Waals surface area (Å²) in [7, 11) is 1.58. The summed E-state index contributed by atoms with van der Waals surface area (Å²) < 4.78 is 7.39. The molecule has 0 aliphatic rings. The lowest BCUT2D eigenvalue weighted by Gasteiger charge is -2.03. The zero-order valence-electron chi connectivity index (χ0n) is 7.64. The van der Waals surface area contributed by atoms with E-state index in [1.807, 2.05) is 6.26 Å². The molecule has 0 saturated heterocycles. The van der Waals surface area contributed by atoms with Gasteiger partial charge in [0, 0.05) is 0 Å². The third kappa shape index (κ3) is 1.28. The summed E-state index contributed by atoms with van der Waals surface area (Å²) >= 11 is 6.59. The van der Waals surface area contributed by atoms with Crippen molar-refractivity contribution in [1.29, 1.82) is 0 Å². The second-order valence-corrected chi connectivity index (χ2v) is 3.66. The lowest BCUT2D eigenvalue weighted by Crippen LogP contribution is -1.96. The standard InChI is InChI=1S/C7H8N4OS2/c1-12-4-3-8-7(14-2)11-5(4)9-10-6(11)13/h3H,1-2H3,(H,10,13). The van der Waals surface area contributed by atoms with E-state index in [2.05, 4.69) is 15.2 Å². The fourth-order valence-corrected chi connectivity index (χ4v) is 1.95. The molecule has 0 aliphatic carbocycles.